The lowest BCUT2D eigenvalue weighted by Crippen LogP contribution is -2.05. The Balaban J connectivity index is 3.01. The van der Waals surface area contributed by atoms with E-state index in [4.69, 9.17) is 17.3 Å². The van der Waals surface area contributed by atoms with Crippen LogP contribution in [0.5, 0.6) is 0 Å². The number of halogens is 2. The van der Waals surface area contributed by atoms with Crippen molar-refractivity contribution < 1.29 is 9.18 Å². The molecule has 0 radical (unpaired) electrons. The summed E-state index contributed by atoms with van der Waals surface area (Å²) in [7, 11) is 0. The number of anilines is 1. The van der Waals surface area contributed by atoms with E-state index in [1.807, 2.05) is 0 Å². The predicted molar refractivity (Wildman–Crippen MR) is 50.5 cm³/mol. The summed E-state index contributed by atoms with van der Waals surface area (Å²) in [5.74, 6) is -0.582. The monoisotopic (exact) mass is 201 g/mol. The third kappa shape index (κ3) is 2.18. The Hall–Kier alpha value is -1.09. The Morgan fingerprint density at radius 2 is 2.23 bits per heavy atom. The van der Waals surface area contributed by atoms with Gasteiger partial charge in [-0.3, -0.25) is 4.79 Å². The molecular weight excluding hydrogens is 193 g/mol. The van der Waals surface area contributed by atoms with E-state index in [1.54, 1.807) is 0 Å². The van der Waals surface area contributed by atoms with Gasteiger partial charge in [0.15, 0.2) is 5.78 Å². The molecule has 0 saturated carbocycles. The van der Waals surface area contributed by atoms with Crippen LogP contribution >= 0.6 is 11.6 Å². The Labute approximate surface area is 80.5 Å². The quantitative estimate of drug-likeness (QED) is 0.463. The number of nitrogens with two attached hydrogens (primary N) is 1. The van der Waals surface area contributed by atoms with Crippen molar-refractivity contribution in [2.45, 2.75) is 6.42 Å². The fourth-order valence-corrected chi connectivity index (χ4v) is 1.17. The van der Waals surface area contributed by atoms with Gasteiger partial charge in [-0.25, -0.2) is 4.39 Å². The number of ketones is 1. The van der Waals surface area contributed by atoms with Gasteiger partial charge in [0.25, 0.3) is 0 Å². The summed E-state index contributed by atoms with van der Waals surface area (Å²) < 4.78 is 12.9. The summed E-state index contributed by atoms with van der Waals surface area (Å²) in [6.45, 7) is 0. The van der Waals surface area contributed by atoms with Crippen molar-refractivity contribution in [1.82, 2.24) is 0 Å². The van der Waals surface area contributed by atoms with Crippen LogP contribution in [0.3, 0.4) is 0 Å². The number of hydrogen-bond donors (Lipinski definition) is 1. The van der Waals surface area contributed by atoms with E-state index in [9.17, 15) is 9.18 Å². The van der Waals surface area contributed by atoms with Crippen molar-refractivity contribution in [2.75, 3.05) is 11.6 Å². The van der Waals surface area contributed by atoms with E-state index in [2.05, 4.69) is 0 Å². The lowest BCUT2D eigenvalue weighted by atomic mass is 10.1. The van der Waals surface area contributed by atoms with Gasteiger partial charge in [-0.1, -0.05) is 6.07 Å². The van der Waals surface area contributed by atoms with Gasteiger partial charge >= 0.3 is 0 Å². The summed E-state index contributed by atoms with van der Waals surface area (Å²) in [5.41, 5.74) is 5.48. The maximum Gasteiger partial charge on any atom is 0.166 e. The van der Waals surface area contributed by atoms with Crippen LogP contribution in [-0.2, 0) is 0 Å². The summed E-state index contributed by atoms with van der Waals surface area (Å²) in [4.78, 5) is 11.3. The number of carbonyl (C=O) groups is 1. The summed E-state index contributed by atoms with van der Waals surface area (Å²) in [6, 6.07) is 4.16. The van der Waals surface area contributed by atoms with Gasteiger partial charge in [0.2, 0.25) is 0 Å². The number of hydrogen-bond acceptors (Lipinski definition) is 2. The number of carbonyl (C=O) groups excluding carboxylic acids is 1. The number of benzene rings is 1. The third-order valence-corrected chi connectivity index (χ3v) is 1.86. The summed E-state index contributed by atoms with van der Waals surface area (Å²) in [6.07, 6.45) is 0.176. The highest BCUT2D eigenvalue weighted by atomic mass is 35.5. The highest BCUT2D eigenvalue weighted by Gasteiger charge is 2.11. The molecule has 1 rings (SSSR count). The second-order valence-corrected chi connectivity index (χ2v) is 2.94. The smallest absolute Gasteiger partial charge is 0.166 e. The molecule has 1 aromatic rings. The summed E-state index contributed by atoms with van der Waals surface area (Å²) in [5, 5.41) is 0. The molecule has 0 aromatic heterocycles. The molecule has 0 saturated heterocycles. The van der Waals surface area contributed by atoms with Crippen LogP contribution in [0.4, 0.5) is 10.1 Å². The van der Waals surface area contributed by atoms with Crippen LogP contribution in [0.1, 0.15) is 16.8 Å². The van der Waals surface area contributed by atoms with Gasteiger partial charge in [-0.05, 0) is 12.1 Å². The molecule has 1 aromatic carbocycles. The molecule has 2 nitrogen and oxygen atoms in total. The molecule has 0 unspecified atom stereocenters. The Morgan fingerprint density at radius 3 is 2.85 bits per heavy atom. The van der Waals surface area contributed by atoms with E-state index < -0.39 is 5.82 Å². The van der Waals surface area contributed by atoms with Crippen LogP contribution in [-0.4, -0.2) is 11.7 Å². The lowest BCUT2D eigenvalue weighted by Gasteiger charge is -2.03. The zero-order valence-corrected chi connectivity index (χ0v) is 7.64. The molecule has 2 N–H and O–H groups in total. The predicted octanol–water partition coefficient (Wildman–Crippen LogP) is 2.22. The third-order valence-electron chi connectivity index (χ3n) is 1.67. The second kappa shape index (κ2) is 4.23. The largest absolute Gasteiger partial charge is 0.396 e. The fourth-order valence-electron chi connectivity index (χ4n) is 1.00. The second-order valence-electron chi connectivity index (χ2n) is 2.56. The van der Waals surface area contributed by atoms with Gasteiger partial charge in [0.1, 0.15) is 5.82 Å². The molecule has 70 valence electrons. The average molecular weight is 202 g/mol. The van der Waals surface area contributed by atoms with Gasteiger partial charge in [0, 0.05) is 17.9 Å². The molecule has 0 aliphatic rings. The van der Waals surface area contributed by atoms with Crippen LogP contribution in [0.2, 0.25) is 0 Å². The van der Waals surface area contributed by atoms with Crippen molar-refractivity contribution in [2.24, 2.45) is 0 Å². The molecule has 0 aliphatic heterocycles. The van der Waals surface area contributed by atoms with Crippen molar-refractivity contribution in [3.63, 3.8) is 0 Å². The molecule has 0 heterocycles. The minimum absolute atomic E-state index is 0.0994. The zero-order chi connectivity index (χ0) is 9.84. The summed E-state index contributed by atoms with van der Waals surface area (Å²) >= 11 is 5.38. The SMILES string of the molecule is Nc1c(F)cccc1C(=O)CCCl. The number of para-hydroxylation sites is 1. The fraction of sp³-hybridized carbons (Fsp3) is 0.222. The lowest BCUT2D eigenvalue weighted by molar-refractivity contribution is 0.0989. The normalized spacial score (nSPS) is 10.0. The van der Waals surface area contributed by atoms with E-state index in [1.165, 1.54) is 18.2 Å². The van der Waals surface area contributed by atoms with E-state index in [0.29, 0.717) is 0 Å². The van der Waals surface area contributed by atoms with Gasteiger partial charge in [-0.15, -0.1) is 11.6 Å². The minimum atomic E-state index is -0.569. The van der Waals surface area contributed by atoms with Gasteiger partial charge < -0.3 is 5.73 Å². The maximum atomic E-state index is 12.9. The molecular formula is C9H9ClFNO. The molecule has 0 fully saturated rings. The van der Waals surface area contributed by atoms with E-state index in [0.717, 1.165) is 0 Å². The standard InChI is InChI=1S/C9H9ClFNO/c10-5-4-8(13)6-2-1-3-7(11)9(6)12/h1-3H,4-5,12H2. The van der Waals surface area contributed by atoms with E-state index in [-0.39, 0.29) is 29.3 Å². The minimum Gasteiger partial charge on any atom is -0.396 e. The molecule has 4 heteroatoms. The maximum absolute atomic E-state index is 12.9. The van der Waals surface area contributed by atoms with Crippen molar-refractivity contribution in [1.29, 1.82) is 0 Å². The Morgan fingerprint density at radius 1 is 1.54 bits per heavy atom. The van der Waals surface area contributed by atoms with Crippen LogP contribution in [0.15, 0.2) is 18.2 Å². The van der Waals surface area contributed by atoms with E-state index >= 15 is 0 Å². The van der Waals surface area contributed by atoms with Crippen molar-refractivity contribution >= 4 is 23.1 Å². The first-order chi connectivity index (χ1) is 6.16. The molecule has 0 bridgehead atoms. The highest BCUT2D eigenvalue weighted by Crippen LogP contribution is 2.17. The number of nitrogen functional groups attached to an aromatic ring is 1. The number of Topliss-reactive ketones (excluding diaryl/α,β-unsaturated/α-hetero) is 1. The van der Waals surface area contributed by atoms with Crippen molar-refractivity contribution in [3.05, 3.63) is 29.6 Å². The van der Waals surface area contributed by atoms with Crippen LogP contribution in [0, 0.1) is 5.82 Å². The first-order valence-corrected chi connectivity index (χ1v) is 4.33. The van der Waals surface area contributed by atoms with Crippen molar-refractivity contribution in [3.8, 4) is 0 Å². The number of rotatable bonds is 3. The Bertz CT molecular complexity index is 327. The first kappa shape index (κ1) is 9.99. The van der Waals surface area contributed by atoms with Crippen LogP contribution in [0.25, 0.3) is 0 Å². The van der Waals surface area contributed by atoms with Gasteiger partial charge in [-0.2, -0.15) is 0 Å². The highest BCUT2D eigenvalue weighted by molar-refractivity contribution is 6.19. The molecule has 0 aliphatic carbocycles. The van der Waals surface area contributed by atoms with Gasteiger partial charge in [0.05, 0.1) is 5.69 Å². The number of alkyl halides is 1. The van der Waals surface area contributed by atoms with Crippen LogP contribution < -0.4 is 5.73 Å². The molecule has 0 atom stereocenters. The molecule has 13 heavy (non-hydrogen) atoms. The Kier molecular flexibility index (Phi) is 3.25. The average Bonchev–Trinajstić information content (AvgIpc) is 2.10. The molecule has 0 spiro atoms. The topological polar surface area (TPSA) is 43.1 Å². The zero-order valence-electron chi connectivity index (χ0n) is 6.89. The first-order valence-electron chi connectivity index (χ1n) is 3.80. The molecule has 0 amide bonds.